The van der Waals surface area contributed by atoms with Gasteiger partial charge in [0.05, 0.1) is 29.2 Å². The molecule has 0 bridgehead atoms. The Balaban J connectivity index is 1.61. The van der Waals surface area contributed by atoms with Crippen molar-refractivity contribution in [2.24, 2.45) is 0 Å². The highest BCUT2D eigenvalue weighted by Gasteiger charge is 2.57. The van der Waals surface area contributed by atoms with Crippen molar-refractivity contribution in [2.75, 3.05) is 34.3 Å². The van der Waals surface area contributed by atoms with Gasteiger partial charge in [0.15, 0.2) is 0 Å². The lowest BCUT2D eigenvalue weighted by Gasteiger charge is -2.58. The molecule has 3 unspecified atom stereocenters. The smallest absolute Gasteiger partial charge is 0.226 e. The molecule has 1 amide bonds. The first-order chi connectivity index (χ1) is 15.7. The van der Waals surface area contributed by atoms with Gasteiger partial charge in [0.25, 0.3) is 0 Å². The van der Waals surface area contributed by atoms with Gasteiger partial charge in [-0.05, 0) is 74.7 Å². The number of β-amino-alcohol motifs (C(OH)–C–C–N with tert-alkyl or cyclic N) is 1. The second-order valence-corrected chi connectivity index (χ2v) is 10.5. The van der Waals surface area contributed by atoms with Crippen LogP contribution in [0.1, 0.15) is 36.8 Å². The van der Waals surface area contributed by atoms with E-state index in [1.807, 2.05) is 30.1 Å². The summed E-state index contributed by atoms with van der Waals surface area (Å²) in [6, 6.07) is 13.4. The number of amides is 1. The molecule has 0 spiro atoms. The fourth-order valence-electron chi connectivity index (χ4n) is 5.75. The van der Waals surface area contributed by atoms with Crippen molar-refractivity contribution in [1.29, 1.82) is 0 Å². The minimum absolute atomic E-state index is 0.0372. The van der Waals surface area contributed by atoms with Crippen molar-refractivity contribution in [3.8, 4) is 5.75 Å². The predicted molar refractivity (Wildman–Crippen MR) is 132 cm³/mol. The third kappa shape index (κ3) is 4.61. The molecule has 1 aliphatic carbocycles. The minimum Gasteiger partial charge on any atom is -0.497 e. The van der Waals surface area contributed by atoms with Crippen LogP contribution in [0.15, 0.2) is 42.5 Å². The molecule has 7 heteroatoms. The van der Waals surface area contributed by atoms with Gasteiger partial charge in [0.2, 0.25) is 5.91 Å². The number of hydrogen-bond acceptors (Lipinski definition) is 4. The number of fused-ring (bicyclic) bond motifs is 1. The average molecular weight is 491 g/mol. The summed E-state index contributed by atoms with van der Waals surface area (Å²) in [5, 5.41) is 12.9. The van der Waals surface area contributed by atoms with Gasteiger partial charge in [0, 0.05) is 25.0 Å². The van der Waals surface area contributed by atoms with Gasteiger partial charge in [-0.3, -0.25) is 4.79 Å². The van der Waals surface area contributed by atoms with E-state index >= 15 is 0 Å². The molecular weight excluding hydrogens is 459 g/mol. The normalized spacial score (nSPS) is 27.6. The summed E-state index contributed by atoms with van der Waals surface area (Å²) in [4.78, 5) is 17.3. The molecular formula is C26H32Cl2N2O3. The molecule has 1 aliphatic heterocycles. The average Bonchev–Trinajstić information content (AvgIpc) is 2.80. The number of piperidine rings is 1. The van der Waals surface area contributed by atoms with Crippen molar-refractivity contribution in [3.05, 3.63) is 63.6 Å². The molecule has 178 valence electrons. The molecule has 1 N–H and O–H groups in total. The number of halogens is 2. The van der Waals surface area contributed by atoms with Gasteiger partial charge < -0.3 is 19.6 Å². The number of carbonyl (C=O) groups is 1. The summed E-state index contributed by atoms with van der Waals surface area (Å²) in [7, 11) is 5.60. The number of hydrogen-bond donors (Lipinski definition) is 1. The standard InChI is InChI=1S/C26H32Cl2N2O3/c1-29-12-11-25(19-5-4-6-21(15-19)33-3)16-20(9-10-26(25,32)17-29)30(2)24(31)14-18-7-8-22(27)23(28)13-18/h4-8,13,15,20,32H,9-12,14,16-17H2,1-3H3. The summed E-state index contributed by atoms with van der Waals surface area (Å²) >= 11 is 12.2. The van der Waals surface area contributed by atoms with E-state index in [1.165, 1.54) is 0 Å². The van der Waals surface area contributed by atoms with Crippen molar-refractivity contribution >= 4 is 29.1 Å². The van der Waals surface area contributed by atoms with Crippen molar-refractivity contribution in [1.82, 2.24) is 9.80 Å². The Labute approximate surface area is 206 Å². The molecule has 2 fully saturated rings. The van der Waals surface area contributed by atoms with Gasteiger partial charge in [-0.25, -0.2) is 0 Å². The van der Waals surface area contributed by atoms with E-state index in [2.05, 4.69) is 24.1 Å². The van der Waals surface area contributed by atoms with Gasteiger partial charge in [-0.15, -0.1) is 0 Å². The number of ether oxygens (including phenoxy) is 1. The highest BCUT2D eigenvalue weighted by atomic mass is 35.5. The van der Waals surface area contributed by atoms with Crippen LogP contribution < -0.4 is 4.74 Å². The molecule has 2 aromatic rings. The van der Waals surface area contributed by atoms with Crippen LogP contribution in [0, 0.1) is 0 Å². The highest BCUT2D eigenvalue weighted by Crippen LogP contribution is 2.52. The SMILES string of the molecule is COc1cccc(C23CCN(C)CC2(O)CCC(N(C)C(=O)Cc2ccc(Cl)c(Cl)c2)C3)c1. The summed E-state index contributed by atoms with van der Waals surface area (Å²) in [5.41, 5.74) is 0.647. The van der Waals surface area contributed by atoms with Crippen LogP contribution in [-0.4, -0.2) is 66.8 Å². The summed E-state index contributed by atoms with van der Waals surface area (Å²) in [6.45, 7) is 1.52. The van der Waals surface area contributed by atoms with E-state index in [-0.39, 0.29) is 18.4 Å². The third-order valence-corrected chi connectivity index (χ3v) is 8.46. The van der Waals surface area contributed by atoms with Crippen LogP contribution in [0.5, 0.6) is 5.75 Å². The molecule has 5 nitrogen and oxygen atoms in total. The Kier molecular flexibility index (Phi) is 6.97. The van der Waals surface area contributed by atoms with Crippen LogP contribution >= 0.6 is 23.2 Å². The summed E-state index contributed by atoms with van der Waals surface area (Å²) in [5.74, 6) is 0.826. The number of likely N-dealkylation sites (N-methyl/N-ethyl adjacent to an activating group) is 2. The largest absolute Gasteiger partial charge is 0.497 e. The maximum atomic E-state index is 13.2. The van der Waals surface area contributed by atoms with Gasteiger partial charge in [-0.2, -0.15) is 0 Å². The number of carbonyl (C=O) groups excluding carboxylic acids is 1. The zero-order chi connectivity index (χ0) is 23.8. The number of aliphatic hydroxyl groups is 1. The molecule has 2 aliphatic rings. The van der Waals surface area contributed by atoms with Crippen molar-refractivity contribution in [2.45, 2.75) is 49.2 Å². The van der Waals surface area contributed by atoms with Gasteiger partial charge in [-0.1, -0.05) is 41.4 Å². The summed E-state index contributed by atoms with van der Waals surface area (Å²) < 4.78 is 5.50. The first-order valence-corrected chi connectivity index (χ1v) is 12.2. The Bertz CT molecular complexity index is 1030. The van der Waals surface area contributed by atoms with Crippen LogP contribution in [-0.2, 0) is 16.6 Å². The summed E-state index contributed by atoms with van der Waals surface area (Å²) in [6.07, 6.45) is 3.22. The van der Waals surface area contributed by atoms with E-state index in [0.29, 0.717) is 29.4 Å². The van der Waals surface area contributed by atoms with E-state index in [4.69, 9.17) is 27.9 Å². The second kappa shape index (κ2) is 9.46. The van der Waals surface area contributed by atoms with Crippen LogP contribution in [0.3, 0.4) is 0 Å². The van der Waals surface area contributed by atoms with Gasteiger partial charge >= 0.3 is 0 Å². The lowest BCUT2D eigenvalue weighted by Crippen LogP contribution is -2.66. The predicted octanol–water partition coefficient (Wildman–Crippen LogP) is 4.56. The molecule has 3 atom stereocenters. The monoisotopic (exact) mass is 490 g/mol. The molecule has 2 aromatic carbocycles. The number of methoxy groups -OCH3 is 1. The maximum Gasteiger partial charge on any atom is 0.226 e. The molecule has 1 saturated carbocycles. The van der Waals surface area contributed by atoms with Crippen molar-refractivity contribution in [3.63, 3.8) is 0 Å². The maximum absolute atomic E-state index is 13.2. The molecule has 0 radical (unpaired) electrons. The third-order valence-electron chi connectivity index (χ3n) is 7.72. The lowest BCUT2D eigenvalue weighted by atomic mass is 9.55. The Morgan fingerprint density at radius 1 is 1.21 bits per heavy atom. The molecule has 33 heavy (non-hydrogen) atoms. The number of nitrogens with zero attached hydrogens (tertiary/aromatic N) is 2. The fourth-order valence-corrected chi connectivity index (χ4v) is 6.07. The first kappa shape index (κ1) is 24.3. The number of likely N-dealkylation sites (tertiary alicyclic amines) is 1. The molecule has 1 saturated heterocycles. The van der Waals surface area contributed by atoms with E-state index < -0.39 is 11.0 Å². The quantitative estimate of drug-likeness (QED) is 0.667. The van der Waals surface area contributed by atoms with E-state index in [0.717, 1.165) is 36.3 Å². The minimum atomic E-state index is -0.851. The Hall–Kier alpha value is -1.79. The first-order valence-electron chi connectivity index (χ1n) is 11.4. The fraction of sp³-hybridized carbons (Fsp3) is 0.500. The topological polar surface area (TPSA) is 53.0 Å². The zero-order valence-corrected chi connectivity index (χ0v) is 21.0. The molecule has 1 heterocycles. The number of rotatable bonds is 5. The Morgan fingerprint density at radius 3 is 2.73 bits per heavy atom. The molecule has 0 aromatic heterocycles. The zero-order valence-electron chi connectivity index (χ0n) is 19.5. The van der Waals surface area contributed by atoms with Crippen LogP contribution in [0.2, 0.25) is 10.0 Å². The van der Waals surface area contributed by atoms with Gasteiger partial charge in [0.1, 0.15) is 5.75 Å². The van der Waals surface area contributed by atoms with E-state index in [1.54, 1.807) is 19.2 Å². The molecule has 4 rings (SSSR count). The second-order valence-electron chi connectivity index (χ2n) is 9.66. The van der Waals surface area contributed by atoms with Crippen LogP contribution in [0.4, 0.5) is 0 Å². The van der Waals surface area contributed by atoms with E-state index in [9.17, 15) is 9.90 Å². The highest BCUT2D eigenvalue weighted by molar-refractivity contribution is 6.42. The Morgan fingerprint density at radius 2 is 2.00 bits per heavy atom. The van der Waals surface area contributed by atoms with Crippen molar-refractivity contribution < 1.29 is 14.6 Å². The lowest BCUT2D eigenvalue weighted by molar-refractivity contribution is -0.145. The van der Waals surface area contributed by atoms with Crippen LogP contribution in [0.25, 0.3) is 0 Å². The number of benzene rings is 2.